The molecule has 0 spiro atoms. The number of hydrogen-bond donors (Lipinski definition) is 0. The van der Waals surface area contributed by atoms with E-state index in [1.165, 1.54) is 0 Å². The van der Waals surface area contributed by atoms with Crippen LogP contribution in [0.15, 0.2) is 41.0 Å². The van der Waals surface area contributed by atoms with Crippen molar-refractivity contribution in [2.75, 3.05) is 0 Å². The molecule has 1 aromatic heterocycles. The molecule has 17 heavy (non-hydrogen) atoms. The van der Waals surface area contributed by atoms with Crippen LogP contribution in [0.4, 0.5) is 0 Å². The van der Waals surface area contributed by atoms with Crippen molar-refractivity contribution in [3.63, 3.8) is 0 Å². The summed E-state index contributed by atoms with van der Waals surface area (Å²) in [7, 11) is 0. The minimum atomic E-state index is 0.379. The Hall–Kier alpha value is -0.770. The molecule has 0 saturated carbocycles. The van der Waals surface area contributed by atoms with Gasteiger partial charge >= 0.3 is 0 Å². The Morgan fingerprint density at radius 2 is 1.82 bits per heavy atom. The lowest BCUT2D eigenvalue weighted by Crippen LogP contribution is -1.97. The number of hydrogen-bond acceptors (Lipinski definition) is 2. The number of nitrogens with zero attached hydrogens (tertiary/aromatic N) is 1. The van der Waals surface area contributed by atoms with Crippen molar-refractivity contribution < 1.29 is 4.74 Å². The van der Waals surface area contributed by atoms with Crippen LogP contribution in [0.25, 0.3) is 0 Å². The fraction of sp³-hybridized carbons (Fsp3) is 0.0833. The summed E-state index contributed by atoms with van der Waals surface area (Å²) in [5, 5.41) is 1.10. The molecule has 0 aliphatic heterocycles. The van der Waals surface area contributed by atoms with Crippen molar-refractivity contribution in [1.82, 2.24) is 4.98 Å². The SMILES string of the molecule is Clc1cc(Cl)cc(OCc2ccc(Br)cn2)c1. The van der Waals surface area contributed by atoms with E-state index < -0.39 is 0 Å². The van der Waals surface area contributed by atoms with Gasteiger partial charge in [-0.2, -0.15) is 0 Å². The van der Waals surface area contributed by atoms with E-state index in [1.54, 1.807) is 24.4 Å². The van der Waals surface area contributed by atoms with Crippen molar-refractivity contribution in [1.29, 1.82) is 0 Å². The van der Waals surface area contributed by atoms with E-state index in [4.69, 9.17) is 27.9 Å². The third-order valence-electron chi connectivity index (χ3n) is 2.01. The first-order chi connectivity index (χ1) is 8.13. The largest absolute Gasteiger partial charge is 0.487 e. The zero-order valence-electron chi connectivity index (χ0n) is 8.66. The van der Waals surface area contributed by atoms with Gasteiger partial charge in [0.15, 0.2) is 0 Å². The van der Waals surface area contributed by atoms with Crippen molar-refractivity contribution in [3.8, 4) is 5.75 Å². The van der Waals surface area contributed by atoms with Gasteiger partial charge in [0, 0.05) is 20.7 Å². The Morgan fingerprint density at radius 3 is 2.41 bits per heavy atom. The molecule has 2 nitrogen and oxygen atoms in total. The molecule has 88 valence electrons. The molecule has 0 atom stereocenters. The lowest BCUT2D eigenvalue weighted by Gasteiger charge is -2.06. The summed E-state index contributed by atoms with van der Waals surface area (Å²) in [4.78, 5) is 4.20. The summed E-state index contributed by atoms with van der Waals surface area (Å²) in [5.74, 6) is 0.632. The first-order valence-corrected chi connectivity index (χ1v) is 6.38. The number of pyridine rings is 1. The second kappa shape index (κ2) is 5.71. The van der Waals surface area contributed by atoms with E-state index in [2.05, 4.69) is 20.9 Å². The fourth-order valence-electron chi connectivity index (χ4n) is 1.26. The summed E-state index contributed by atoms with van der Waals surface area (Å²) >= 11 is 15.1. The fourth-order valence-corrected chi connectivity index (χ4v) is 2.00. The van der Waals surface area contributed by atoms with E-state index in [0.717, 1.165) is 10.2 Å². The molecule has 2 aromatic rings. The number of aromatic nitrogens is 1. The molecule has 0 bridgehead atoms. The molecule has 1 aromatic carbocycles. The summed E-state index contributed by atoms with van der Waals surface area (Å²) in [6.07, 6.45) is 1.73. The van der Waals surface area contributed by atoms with E-state index in [9.17, 15) is 0 Å². The Kier molecular flexibility index (Phi) is 4.26. The molecule has 0 amide bonds. The Labute approximate surface area is 118 Å². The molecule has 0 unspecified atom stereocenters. The predicted molar refractivity (Wildman–Crippen MR) is 72.7 cm³/mol. The molecular formula is C12H8BrCl2NO. The highest BCUT2D eigenvalue weighted by Gasteiger charge is 2.01. The van der Waals surface area contributed by atoms with Gasteiger partial charge in [-0.25, -0.2) is 0 Å². The number of halogens is 3. The lowest BCUT2D eigenvalue weighted by molar-refractivity contribution is 0.301. The van der Waals surface area contributed by atoms with Crippen LogP contribution in [0.3, 0.4) is 0 Å². The molecule has 0 saturated heterocycles. The smallest absolute Gasteiger partial charge is 0.130 e. The van der Waals surface area contributed by atoms with Crippen LogP contribution in [-0.4, -0.2) is 4.98 Å². The summed E-state index contributed by atoms with van der Waals surface area (Å²) in [6.45, 7) is 0.379. The topological polar surface area (TPSA) is 22.1 Å². The number of ether oxygens (including phenoxy) is 1. The Bertz CT molecular complexity index is 496. The van der Waals surface area contributed by atoms with Crippen LogP contribution in [-0.2, 0) is 6.61 Å². The van der Waals surface area contributed by atoms with E-state index in [1.807, 2.05) is 12.1 Å². The zero-order chi connectivity index (χ0) is 12.3. The van der Waals surface area contributed by atoms with Gasteiger partial charge in [-0.1, -0.05) is 23.2 Å². The molecular weight excluding hydrogens is 325 g/mol. The summed E-state index contributed by atoms with van der Waals surface area (Å²) < 4.78 is 6.48. The maximum absolute atomic E-state index is 5.87. The molecule has 1 heterocycles. The van der Waals surface area contributed by atoms with Crippen molar-refractivity contribution >= 4 is 39.1 Å². The normalized spacial score (nSPS) is 10.3. The second-order valence-electron chi connectivity index (χ2n) is 3.36. The monoisotopic (exact) mass is 331 g/mol. The van der Waals surface area contributed by atoms with Gasteiger partial charge in [-0.3, -0.25) is 4.98 Å². The van der Waals surface area contributed by atoms with Gasteiger partial charge in [0.2, 0.25) is 0 Å². The Morgan fingerprint density at radius 1 is 1.12 bits per heavy atom. The van der Waals surface area contributed by atoms with Crippen LogP contribution < -0.4 is 4.74 Å². The quantitative estimate of drug-likeness (QED) is 0.810. The van der Waals surface area contributed by atoms with E-state index >= 15 is 0 Å². The van der Waals surface area contributed by atoms with Crippen molar-refractivity contribution in [3.05, 3.63) is 56.7 Å². The highest BCUT2D eigenvalue weighted by Crippen LogP contribution is 2.24. The zero-order valence-corrected chi connectivity index (χ0v) is 11.8. The van der Waals surface area contributed by atoms with E-state index in [0.29, 0.717) is 22.4 Å². The first-order valence-electron chi connectivity index (χ1n) is 4.83. The van der Waals surface area contributed by atoms with Gasteiger partial charge in [0.05, 0.1) is 5.69 Å². The molecule has 0 aliphatic rings. The van der Waals surface area contributed by atoms with Crippen LogP contribution in [0.5, 0.6) is 5.75 Å². The molecule has 5 heteroatoms. The standard InChI is InChI=1S/C12H8BrCl2NO/c13-8-1-2-11(16-6-8)7-17-12-4-9(14)3-10(15)5-12/h1-6H,7H2. The minimum absolute atomic E-state index is 0.379. The molecule has 0 fully saturated rings. The van der Waals surface area contributed by atoms with Crippen LogP contribution in [0.1, 0.15) is 5.69 Å². The van der Waals surface area contributed by atoms with Gasteiger partial charge < -0.3 is 4.74 Å². The third kappa shape index (κ3) is 3.87. The summed E-state index contributed by atoms with van der Waals surface area (Å²) in [5.41, 5.74) is 0.837. The summed E-state index contributed by atoms with van der Waals surface area (Å²) in [6, 6.07) is 8.89. The molecule has 0 radical (unpaired) electrons. The highest BCUT2D eigenvalue weighted by atomic mass is 79.9. The average molecular weight is 333 g/mol. The predicted octanol–water partition coefficient (Wildman–Crippen LogP) is 4.73. The highest BCUT2D eigenvalue weighted by molar-refractivity contribution is 9.10. The Balaban J connectivity index is 2.04. The van der Waals surface area contributed by atoms with Crippen LogP contribution in [0.2, 0.25) is 10.0 Å². The maximum atomic E-state index is 5.87. The lowest BCUT2D eigenvalue weighted by atomic mass is 10.3. The molecule has 0 N–H and O–H groups in total. The maximum Gasteiger partial charge on any atom is 0.130 e. The van der Waals surface area contributed by atoms with Gasteiger partial charge in [-0.15, -0.1) is 0 Å². The van der Waals surface area contributed by atoms with Crippen LogP contribution in [0, 0.1) is 0 Å². The molecule has 2 rings (SSSR count). The average Bonchev–Trinajstić information content (AvgIpc) is 2.27. The van der Waals surface area contributed by atoms with Crippen molar-refractivity contribution in [2.45, 2.75) is 6.61 Å². The number of benzene rings is 1. The van der Waals surface area contributed by atoms with E-state index in [-0.39, 0.29) is 0 Å². The first kappa shape index (κ1) is 12.7. The molecule has 0 aliphatic carbocycles. The number of rotatable bonds is 3. The second-order valence-corrected chi connectivity index (χ2v) is 5.15. The van der Waals surface area contributed by atoms with Gasteiger partial charge in [0.1, 0.15) is 12.4 Å². The van der Waals surface area contributed by atoms with Crippen molar-refractivity contribution in [2.24, 2.45) is 0 Å². The van der Waals surface area contributed by atoms with Gasteiger partial charge in [-0.05, 0) is 46.3 Å². The minimum Gasteiger partial charge on any atom is -0.487 e. The van der Waals surface area contributed by atoms with Crippen LogP contribution >= 0.6 is 39.1 Å². The third-order valence-corrected chi connectivity index (χ3v) is 2.92. The van der Waals surface area contributed by atoms with Gasteiger partial charge in [0.25, 0.3) is 0 Å².